The number of aromatic nitrogens is 6. The fourth-order valence-corrected chi connectivity index (χ4v) is 4.63. The van der Waals surface area contributed by atoms with E-state index in [0.29, 0.717) is 19.7 Å². The molecular weight excluding hydrogens is 484 g/mol. The number of urea groups is 1. The van der Waals surface area contributed by atoms with Crippen LogP contribution in [-0.2, 0) is 6.42 Å². The Balaban J connectivity index is 1.14. The van der Waals surface area contributed by atoms with Crippen LogP contribution >= 0.6 is 0 Å². The molecule has 198 valence electrons. The van der Waals surface area contributed by atoms with Crippen molar-refractivity contribution in [3.8, 4) is 11.5 Å². The van der Waals surface area contributed by atoms with Crippen LogP contribution in [0.5, 0.6) is 11.5 Å². The number of benzene rings is 2. The third-order valence-corrected chi connectivity index (χ3v) is 6.50. The Hall–Kier alpha value is -4.28. The van der Waals surface area contributed by atoms with Crippen LogP contribution in [0.15, 0.2) is 48.8 Å². The van der Waals surface area contributed by atoms with Crippen molar-refractivity contribution in [1.29, 1.82) is 0 Å². The number of hydrogen-bond donors (Lipinski definition) is 2. The summed E-state index contributed by atoms with van der Waals surface area (Å²) < 4.78 is 11.6. The fourth-order valence-electron chi connectivity index (χ4n) is 4.63. The molecule has 2 N–H and O–H groups in total. The van der Waals surface area contributed by atoms with Gasteiger partial charge >= 0.3 is 6.03 Å². The van der Waals surface area contributed by atoms with Crippen LogP contribution in [-0.4, -0.2) is 67.3 Å². The molecule has 1 aliphatic heterocycles. The van der Waals surface area contributed by atoms with E-state index < -0.39 is 0 Å². The lowest BCUT2D eigenvalue weighted by Gasteiger charge is -2.32. The zero-order chi connectivity index (χ0) is 26.3. The van der Waals surface area contributed by atoms with E-state index in [0.717, 1.165) is 65.3 Å². The zero-order valence-corrected chi connectivity index (χ0v) is 21.6. The number of amides is 2. The highest BCUT2D eigenvalue weighted by molar-refractivity contribution is 5.89. The lowest BCUT2D eigenvalue weighted by molar-refractivity contribution is 0.194. The summed E-state index contributed by atoms with van der Waals surface area (Å²) in [6.45, 7) is 5.86. The molecule has 0 atom stereocenters. The van der Waals surface area contributed by atoms with Crippen LogP contribution < -0.4 is 14.8 Å². The number of ether oxygens (including phenoxy) is 2. The van der Waals surface area contributed by atoms with Crippen molar-refractivity contribution in [2.45, 2.75) is 51.6 Å². The number of fused-ring (bicyclic) bond motifs is 1. The first-order chi connectivity index (χ1) is 18.5. The topological polar surface area (TPSA) is 131 Å². The van der Waals surface area contributed by atoms with Crippen LogP contribution in [0.1, 0.15) is 50.5 Å². The molecule has 11 nitrogen and oxygen atoms in total. The first-order valence-corrected chi connectivity index (χ1v) is 13.0. The molecule has 1 aliphatic rings. The van der Waals surface area contributed by atoms with Gasteiger partial charge in [0.1, 0.15) is 23.7 Å². The molecule has 0 bridgehead atoms. The molecule has 0 aliphatic carbocycles. The number of anilines is 1. The van der Waals surface area contributed by atoms with Gasteiger partial charge in [-0.3, -0.25) is 0 Å². The molecule has 2 amide bonds. The Labute approximate surface area is 221 Å². The highest BCUT2D eigenvalue weighted by atomic mass is 16.5. The zero-order valence-electron chi connectivity index (χ0n) is 21.6. The monoisotopic (exact) mass is 516 g/mol. The Morgan fingerprint density at radius 2 is 1.89 bits per heavy atom. The van der Waals surface area contributed by atoms with Gasteiger partial charge in [0.25, 0.3) is 0 Å². The molecule has 2 aromatic carbocycles. The van der Waals surface area contributed by atoms with E-state index in [-0.39, 0.29) is 18.1 Å². The van der Waals surface area contributed by atoms with Gasteiger partial charge in [0, 0.05) is 42.6 Å². The van der Waals surface area contributed by atoms with Gasteiger partial charge in [-0.15, -0.1) is 5.10 Å². The summed E-state index contributed by atoms with van der Waals surface area (Å²) in [6.07, 6.45) is 4.94. The standard InChI is InChI=1S/C27H32N8O3/c1-18(2)38-21-7-5-20(6-8-21)30-27(36)35-13-11-19(12-14-35)26-23-10-9-22(16-24(23)28-17-29-26)37-15-3-4-25-31-33-34-32-25/h5-10,16-19H,3-4,11-15H2,1-2H3,(H,30,36)(H,31,32,33,34). The number of nitrogens with one attached hydrogen (secondary N) is 2. The van der Waals surface area contributed by atoms with Gasteiger partial charge in [-0.05, 0) is 79.9 Å². The summed E-state index contributed by atoms with van der Waals surface area (Å²) in [5, 5.41) is 17.8. The molecule has 1 saturated heterocycles. The van der Waals surface area contributed by atoms with Crippen molar-refractivity contribution < 1.29 is 14.3 Å². The molecule has 0 saturated carbocycles. The smallest absolute Gasteiger partial charge is 0.321 e. The predicted octanol–water partition coefficient (Wildman–Crippen LogP) is 4.35. The largest absolute Gasteiger partial charge is 0.494 e. The Morgan fingerprint density at radius 3 is 2.63 bits per heavy atom. The van der Waals surface area contributed by atoms with Gasteiger partial charge in [-0.1, -0.05) is 0 Å². The number of hydrogen-bond acceptors (Lipinski definition) is 8. The van der Waals surface area contributed by atoms with Gasteiger partial charge in [0.05, 0.1) is 23.9 Å². The van der Waals surface area contributed by atoms with Crippen molar-refractivity contribution >= 4 is 22.6 Å². The summed E-state index contributed by atoms with van der Waals surface area (Å²) in [5.41, 5.74) is 2.64. The van der Waals surface area contributed by atoms with Gasteiger partial charge in [-0.25, -0.2) is 19.9 Å². The van der Waals surface area contributed by atoms with Crippen LogP contribution in [0, 0.1) is 0 Å². The summed E-state index contributed by atoms with van der Waals surface area (Å²) in [6, 6.07) is 13.3. The molecule has 2 aromatic heterocycles. The average Bonchev–Trinajstić information content (AvgIpc) is 3.45. The lowest BCUT2D eigenvalue weighted by atomic mass is 9.91. The van der Waals surface area contributed by atoms with Crippen molar-refractivity contribution in [2.24, 2.45) is 0 Å². The normalized spacial score (nSPS) is 14.1. The maximum Gasteiger partial charge on any atom is 0.321 e. The predicted molar refractivity (Wildman–Crippen MR) is 142 cm³/mol. The van der Waals surface area contributed by atoms with Crippen LogP contribution in [0.3, 0.4) is 0 Å². The van der Waals surface area contributed by atoms with Crippen molar-refractivity contribution in [2.75, 3.05) is 25.0 Å². The van der Waals surface area contributed by atoms with Gasteiger partial charge in [0.2, 0.25) is 0 Å². The van der Waals surface area contributed by atoms with Gasteiger partial charge in [0.15, 0.2) is 0 Å². The third-order valence-electron chi connectivity index (χ3n) is 6.50. The number of aryl methyl sites for hydroxylation is 1. The van der Waals surface area contributed by atoms with Crippen LogP contribution in [0.25, 0.3) is 10.9 Å². The van der Waals surface area contributed by atoms with E-state index in [1.54, 1.807) is 6.33 Å². The Morgan fingerprint density at radius 1 is 1.11 bits per heavy atom. The molecule has 0 radical (unpaired) electrons. The molecule has 4 aromatic rings. The van der Waals surface area contributed by atoms with E-state index >= 15 is 0 Å². The van der Waals surface area contributed by atoms with Gasteiger partial charge in [-0.2, -0.15) is 0 Å². The molecule has 11 heteroatoms. The van der Waals surface area contributed by atoms with E-state index in [2.05, 4.69) is 35.9 Å². The minimum Gasteiger partial charge on any atom is -0.494 e. The highest BCUT2D eigenvalue weighted by Crippen LogP contribution is 2.32. The highest BCUT2D eigenvalue weighted by Gasteiger charge is 2.26. The van der Waals surface area contributed by atoms with E-state index in [1.807, 2.05) is 61.2 Å². The summed E-state index contributed by atoms with van der Waals surface area (Å²) in [7, 11) is 0. The molecule has 38 heavy (non-hydrogen) atoms. The molecule has 0 unspecified atom stereocenters. The van der Waals surface area contributed by atoms with Crippen LogP contribution in [0.4, 0.5) is 10.5 Å². The maximum absolute atomic E-state index is 12.8. The SMILES string of the molecule is CC(C)Oc1ccc(NC(=O)N2CCC(c3ncnc4cc(OCCCc5nnn[nH]5)ccc34)CC2)cc1. The summed E-state index contributed by atoms with van der Waals surface area (Å²) >= 11 is 0. The maximum atomic E-state index is 12.8. The second-order valence-electron chi connectivity index (χ2n) is 9.62. The average molecular weight is 517 g/mol. The third kappa shape index (κ3) is 6.34. The van der Waals surface area contributed by atoms with Crippen molar-refractivity contribution in [1.82, 2.24) is 35.5 Å². The molecule has 0 spiro atoms. The number of nitrogens with zero attached hydrogens (tertiary/aromatic N) is 6. The minimum atomic E-state index is -0.0881. The summed E-state index contributed by atoms with van der Waals surface area (Å²) in [5.74, 6) is 2.57. The molecular formula is C27H32N8O3. The number of carbonyl (C=O) groups excluding carboxylic acids is 1. The molecule has 5 rings (SSSR count). The van der Waals surface area contributed by atoms with Crippen molar-refractivity contribution in [3.05, 3.63) is 60.3 Å². The fraction of sp³-hybridized carbons (Fsp3) is 0.407. The first kappa shape index (κ1) is 25.4. The second-order valence-corrected chi connectivity index (χ2v) is 9.62. The summed E-state index contributed by atoms with van der Waals surface area (Å²) in [4.78, 5) is 23.8. The lowest BCUT2D eigenvalue weighted by Crippen LogP contribution is -2.40. The molecule has 1 fully saturated rings. The van der Waals surface area contributed by atoms with E-state index in [1.165, 1.54) is 0 Å². The van der Waals surface area contributed by atoms with E-state index in [9.17, 15) is 4.79 Å². The number of likely N-dealkylation sites (tertiary alicyclic amines) is 1. The van der Waals surface area contributed by atoms with E-state index in [4.69, 9.17) is 9.47 Å². The number of rotatable bonds is 9. The Bertz CT molecular complexity index is 1340. The molecule has 3 heterocycles. The van der Waals surface area contributed by atoms with Crippen LogP contribution in [0.2, 0.25) is 0 Å². The number of carbonyl (C=O) groups is 1. The second kappa shape index (κ2) is 11.8. The number of aromatic amines is 1. The Kier molecular flexibility index (Phi) is 7.91. The first-order valence-electron chi connectivity index (χ1n) is 13.0. The number of piperidine rings is 1. The minimum absolute atomic E-state index is 0.0881. The number of H-pyrrole nitrogens is 1. The van der Waals surface area contributed by atoms with Gasteiger partial charge < -0.3 is 19.7 Å². The quantitative estimate of drug-likeness (QED) is 0.314. The van der Waals surface area contributed by atoms with Crippen molar-refractivity contribution in [3.63, 3.8) is 0 Å². The number of tetrazole rings is 1.